The lowest BCUT2D eigenvalue weighted by Crippen LogP contribution is -2.03. The molecule has 0 amide bonds. The predicted molar refractivity (Wildman–Crippen MR) is 62.0 cm³/mol. The lowest BCUT2D eigenvalue weighted by molar-refractivity contribution is 0.174. The van der Waals surface area contributed by atoms with Crippen LogP contribution in [0.2, 0.25) is 0 Å². The molecule has 3 heteroatoms. The van der Waals surface area contributed by atoms with Crippen molar-refractivity contribution in [2.45, 2.75) is 19.4 Å². The van der Waals surface area contributed by atoms with Crippen molar-refractivity contribution in [3.63, 3.8) is 0 Å². The normalized spacial score (nSPS) is 12.7. The average Bonchev–Trinajstić information content (AvgIpc) is 2.70. The molecular formula is C12H13NOS. The van der Waals surface area contributed by atoms with Crippen molar-refractivity contribution in [1.29, 1.82) is 0 Å². The maximum atomic E-state index is 9.96. The third-order valence-corrected chi connectivity index (χ3v) is 3.12. The average molecular weight is 219 g/mol. The van der Waals surface area contributed by atoms with E-state index in [4.69, 9.17) is 0 Å². The minimum absolute atomic E-state index is 0.497. The zero-order chi connectivity index (χ0) is 10.7. The first kappa shape index (κ1) is 10.3. The lowest BCUT2D eigenvalue weighted by atomic mass is 10.1. The van der Waals surface area contributed by atoms with E-state index in [1.54, 1.807) is 11.3 Å². The monoisotopic (exact) mass is 219 g/mol. The van der Waals surface area contributed by atoms with Crippen LogP contribution in [0.1, 0.15) is 22.4 Å². The third-order valence-electron chi connectivity index (χ3n) is 2.23. The van der Waals surface area contributed by atoms with Gasteiger partial charge in [-0.2, -0.15) is 0 Å². The van der Waals surface area contributed by atoms with Gasteiger partial charge in [-0.15, -0.1) is 11.3 Å². The Morgan fingerprint density at radius 3 is 2.87 bits per heavy atom. The number of rotatable bonds is 3. The van der Waals surface area contributed by atoms with Crippen LogP contribution >= 0.6 is 11.3 Å². The van der Waals surface area contributed by atoms with Gasteiger partial charge in [0.2, 0.25) is 0 Å². The van der Waals surface area contributed by atoms with Crippen LogP contribution < -0.4 is 0 Å². The Kier molecular flexibility index (Phi) is 3.14. The molecule has 2 rings (SSSR count). The number of aliphatic hydroxyl groups excluding tert-OH is 1. The Morgan fingerprint density at radius 1 is 1.33 bits per heavy atom. The van der Waals surface area contributed by atoms with Crippen molar-refractivity contribution >= 4 is 11.3 Å². The number of pyridine rings is 1. The molecule has 0 saturated carbocycles. The minimum atomic E-state index is -0.497. The summed E-state index contributed by atoms with van der Waals surface area (Å²) in [6.45, 7) is 1.93. The number of aliphatic hydroxyl groups is 1. The topological polar surface area (TPSA) is 33.1 Å². The van der Waals surface area contributed by atoms with Crippen LogP contribution in [0.4, 0.5) is 0 Å². The van der Waals surface area contributed by atoms with E-state index in [1.165, 1.54) is 4.88 Å². The number of hydrogen-bond acceptors (Lipinski definition) is 3. The first-order valence-electron chi connectivity index (χ1n) is 4.90. The number of aryl methyl sites for hydroxylation is 1. The summed E-state index contributed by atoms with van der Waals surface area (Å²) in [7, 11) is 0. The van der Waals surface area contributed by atoms with Crippen LogP contribution in [0, 0.1) is 6.92 Å². The van der Waals surface area contributed by atoms with Crippen molar-refractivity contribution in [1.82, 2.24) is 4.98 Å². The van der Waals surface area contributed by atoms with Crippen LogP contribution in [-0.2, 0) is 6.42 Å². The van der Waals surface area contributed by atoms with Crippen LogP contribution in [0.15, 0.2) is 35.7 Å². The highest BCUT2D eigenvalue weighted by atomic mass is 32.1. The molecule has 2 aromatic heterocycles. The quantitative estimate of drug-likeness (QED) is 0.861. The summed E-state index contributed by atoms with van der Waals surface area (Å²) in [5.41, 5.74) is 1.70. The number of hydrogen-bond donors (Lipinski definition) is 1. The van der Waals surface area contributed by atoms with Crippen LogP contribution in [-0.4, -0.2) is 10.1 Å². The maximum absolute atomic E-state index is 9.96. The van der Waals surface area contributed by atoms with E-state index >= 15 is 0 Å². The summed E-state index contributed by atoms with van der Waals surface area (Å²) in [5, 5.41) is 12.0. The van der Waals surface area contributed by atoms with E-state index < -0.39 is 6.10 Å². The van der Waals surface area contributed by atoms with Gasteiger partial charge < -0.3 is 5.11 Å². The van der Waals surface area contributed by atoms with Gasteiger partial charge in [0.1, 0.15) is 6.10 Å². The fraction of sp³-hybridized carbons (Fsp3) is 0.250. The van der Waals surface area contributed by atoms with Crippen molar-refractivity contribution in [3.05, 3.63) is 52.0 Å². The van der Waals surface area contributed by atoms with Gasteiger partial charge in [-0.1, -0.05) is 12.1 Å². The molecule has 0 aromatic carbocycles. The Hall–Kier alpha value is -1.19. The highest BCUT2D eigenvalue weighted by Gasteiger charge is 2.10. The molecule has 0 aliphatic rings. The maximum Gasteiger partial charge on any atom is 0.101 e. The van der Waals surface area contributed by atoms with Gasteiger partial charge in [-0.25, -0.2) is 0 Å². The van der Waals surface area contributed by atoms with E-state index in [2.05, 4.69) is 4.98 Å². The fourth-order valence-electron chi connectivity index (χ4n) is 1.47. The summed E-state index contributed by atoms with van der Waals surface area (Å²) < 4.78 is 0. The molecular weight excluding hydrogens is 206 g/mol. The molecule has 0 spiro atoms. The fourth-order valence-corrected chi connectivity index (χ4v) is 2.22. The van der Waals surface area contributed by atoms with Gasteiger partial charge in [0.05, 0.1) is 5.69 Å². The molecule has 15 heavy (non-hydrogen) atoms. The molecule has 2 nitrogen and oxygen atoms in total. The first-order valence-corrected chi connectivity index (χ1v) is 5.77. The molecule has 0 aliphatic heterocycles. The van der Waals surface area contributed by atoms with Gasteiger partial charge in [0.25, 0.3) is 0 Å². The van der Waals surface area contributed by atoms with Crippen molar-refractivity contribution in [3.8, 4) is 0 Å². The Bertz CT molecular complexity index is 425. The van der Waals surface area contributed by atoms with Crippen LogP contribution in [0.5, 0.6) is 0 Å². The molecule has 1 unspecified atom stereocenters. The summed E-state index contributed by atoms with van der Waals surface area (Å²) in [4.78, 5) is 5.49. The molecule has 0 bridgehead atoms. The van der Waals surface area contributed by atoms with Crippen molar-refractivity contribution in [2.75, 3.05) is 0 Å². The van der Waals surface area contributed by atoms with Gasteiger partial charge in [0, 0.05) is 17.0 Å². The number of nitrogens with zero attached hydrogens (tertiary/aromatic N) is 1. The van der Waals surface area contributed by atoms with Crippen LogP contribution in [0.3, 0.4) is 0 Å². The molecule has 0 fully saturated rings. The molecule has 1 atom stereocenters. The molecule has 2 heterocycles. The van der Waals surface area contributed by atoms with Crippen LogP contribution in [0.25, 0.3) is 0 Å². The summed E-state index contributed by atoms with van der Waals surface area (Å²) in [6, 6.07) is 9.75. The highest BCUT2D eigenvalue weighted by Crippen LogP contribution is 2.19. The highest BCUT2D eigenvalue weighted by molar-refractivity contribution is 7.09. The predicted octanol–water partition coefficient (Wildman–Crippen LogP) is 2.73. The number of aromatic nitrogens is 1. The van der Waals surface area contributed by atoms with Gasteiger partial charge in [0.15, 0.2) is 0 Å². The van der Waals surface area contributed by atoms with Gasteiger partial charge in [-0.05, 0) is 30.5 Å². The molecule has 0 radical (unpaired) electrons. The largest absolute Gasteiger partial charge is 0.386 e. The molecule has 1 N–H and O–H groups in total. The van der Waals surface area contributed by atoms with E-state index in [9.17, 15) is 5.11 Å². The summed E-state index contributed by atoms with van der Waals surface area (Å²) in [5.74, 6) is 0. The van der Waals surface area contributed by atoms with E-state index in [-0.39, 0.29) is 0 Å². The summed E-state index contributed by atoms with van der Waals surface area (Å²) >= 11 is 1.66. The third kappa shape index (κ3) is 2.64. The summed E-state index contributed by atoms with van der Waals surface area (Å²) in [6.07, 6.45) is 0.150. The van der Waals surface area contributed by atoms with Crippen molar-refractivity contribution in [2.24, 2.45) is 0 Å². The molecule has 2 aromatic rings. The molecule has 0 aliphatic carbocycles. The smallest absolute Gasteiger partial charge is 0.101 e. The Balaban J connectivity index is 2.11. The SMILES string of the molecule is Cc1cccc(C(O)Cc2cccs2)n1. The first-order chi connectivity index (χ1) is 7.25. The van der Waals surface area contributed by atoms with Crippen molar-refractivity contribution < 1.29 is 5.11 Å². The number of thiophene rings is 1. The van der Waals surface area contributed by atoms with Gasteiger partial charge >= 0.3 is 0 Å². The van der Waals surface area contributed by atoms with Gasteiger partial charge in [-0.3, -0.25) is 4.98 Å². The molecule has 0 saturated heterocycles. The van der Waals surface area contributed by atoms with E-state index in [0.717, 1.165) is 11.4 Å². The van der Waals surface area contributed by atoms with E-state index in [0.29, 0.717) is 6.42 Å². The lowest BCUT2D eigenvalue weighted by Gasteiger charge is -2.08. The van der Waals surface area contributed by atoms with E-state index in [1.807, 2.05) is 42.6 Å². The second-order valence-corrected chi connectivity index (χ2v) is 4.54. The zero-order valence-corrected chi connectivity index (χ0v) is 9.37. The Labute approximate surface area is 93.2 Å². The zero-order valence-electron chi connectivity index (χ0n) is 8.55. The standard InChI is InChI=1S/C12H13NOS/c1-9-4-2-6-11(13-9)12(14)8-10-5-3-7-15-10/h2-7,12,14H,8H2,1H3. The Morgan fingerprint density at radius 2 is 2.20 bits per heavy atom. The second-order valence-electron chi connectivity index (χ2n) is 3.50. The molecule has 78 valence electrons. The minimum Gasteiger partial charge on any atom is -0.386 e. The second kappa shape index (κ2) is 4.55.